The Morgan fingerprint density at radius 1 is 1.13 bits per heavy atom. The number of hydrogen-bond donors (Lipinski definition) is 2. The average Bonchev–Trinajstić information content (AvgIpc) is 2.17. The van der Waals surface area contributed by atoms with Gasteiger partial charge >= 0.3 is 0 Å². The summed E-state index contributed by atoms with van der Waals surface area (Å²) >= 11 is 5.79. The maximum Gasteiger partial charge on any atom is 0.134 e. The SMILES string of the molecule is Nc1cc(Cl)nc(Nc2ccccc2)c1. The van der Waals surface area contributed by atoms with Crippen molar-refractivity contribution in [2.45, 2.75) is 0 Å². The van der Waals surface area contributed by atoms with Crippen LogP contribution in [0.3, 0.4) is 0 Å². The van der Waals surface area contributed by atoms with Gasteiger partial charge in [0, 0.05) is 17.4 Å². The molecule has 0 unspecified atom stereocenters. The van der Waals surface area contributed by atoms with Crippen LogP contribution in [-0.2, 0) is 0 Å². The van der Waals surface area contributed by atoms with E-state index in [9.17, 15) is 0 Å². The highest BCUT2D eigenvalue weighted by atomic mass is 35.5. The van der Waals surface area contributed by atoms with Gasteiger partial charge in [0.05, 0.1) is 0 Å². The second kappa shape index (κ2) is 4.19. The fourth-order valence-corrected chi connectivity index (χ4v) is 1.47. The molecule has 1 aromatic carbocycles. The smallest absolute Gasteiger partial charge is 0.134 e. The van der Waals surface area contributed by atoms with Crippen molar-refractivity contribution in [3.8, 4) is 0 Å². The van der Waals surface area contributed by atoms with Crippen LogP contribution in [0, 0.1) is 0 Å². The van der Waals surface area contributed by atoms with E-state index in [0.29, 0.717) is 16.7 Å². The molecule has 0 aliphatic heterocycles. The fraction of sp³-hybridized carbons (Fsp3) is 0. The predicted octanol–water partition coefficient (Wildman–Crippen LogP) is 3.06. The van der Waals surface area contributed by atoms with E-state index in [0.717, 1.165) is 5.69 Å². The zero-order valence-corrected chi connectivity index (χ0v) is 8.70. The molecule has 0 spiro atoms. The predicted molar refractivity (Wildman–Crippen MR) is 63.4 cm³/mol. The maximum absolute atomic E-state index is 5.79. The number of nitrogens with one attached hydrogen (secondary N) is 1. The van der Waals surface area contributed by atoms with Crippen molar-refractivity contribution in [2.75, 3.05) is 11.1 Å². The molecule has 1 aromatic heterocycles. The van der Waals surface area contributed by atoms with E-state index in [2.05, 4.69) is 10.3 Å². The summed E-state index contributed by atoms with van der Waals surface area (Å²) in [6, 6.07) is 13.1. The van der Waals surface area contributed by atoms with Gasteiger partial charge in [-0.05, 0) is 18.2 Å². The van der Waals surface area contributed by atoms with Gasteiger partial charge in [0.25, 0.3) is 0 Å². The zero-order valence-electron chi connectivity index (χ0n) is 7.94. The van der Waals surface area contributed by atoms with Crippen LogP contribution in [0.4, 0.5) is 17.2 Å². The van der Waals surface area contributed by atoms with E-state index in [4.69, 9.17) is 17.3 Å². The summed E-state index contributed by atoms with van der Waals surface area (Å²) in [5, 5.41) is 3.49. The monoisotopic (exact) mass is 219 g/mol. The van der Waals surface area contributed by atoms with Gasteiger partial charge in [0.1, 0.15) is 11.0 Å². The Balaban J connectivity index is 2.25. The van der Waals surface area contributed by atoms with E-state index in [-0.39, 0.29) is 0 Å². The van der Waals surface area contributed by atoms with E-state index in [1.165, 1.54) is 0 Å². The topological polar surface area (TPSA) is 50.9 Å². The number of nitrogen functional groups attached to an aromatic ring is 1. The normalized spacial score (nSPS) is 9.93. The molecule has 4 heteroatoms. The molecule has 0 saturated carbocycles. The lowest BCUT2D eigenvalue weighted by Crippen LogP contribution is -1.95. The molecule has 0 aliphatic carbocycles. The molecule has 2 rings (SSSR count). The van der Waals surface area contributed by atoms with Crippen molar-refractivity contribution in [3.63, 3.8) is 0 Å². The minimum absolute atomic E-state index is 0.383. The van der Waals surface area contributed by atoms with Gasteiger partial charge in [-0.3, -0.25) is 0 Å². The lowest BCUT2D eigenvalue weighted by atomic mass is 10.3. The van der Waals surface area contributed by atoms with Gasteiger partial charge in [-0.2, -0.15) is 0 Å². The number of hydrogen-bond acceptors (Lipinski definition) is 3. The van der Waals surface area contributed by atoms with Crippen molar-refractivity contribution >= 4 is 28.8 Å². The number of halogens is 1. The van der Waals surface area contributed by atoms with Gasteiger partial charge in [0.2, 0.25) is 0 Å². The molecule has 0 saturated heterocycles. The molecular weight excluding hydrogens is 210 g/mol. The minimum Gasteiger partial charge on any atom is -0.399 e. The summed E-state index contributed by atoms with van der Waals surface area (Å²) in [7, 11) is 0. The molecule has 0 bridgehead atoms. The Labute approximate surface area is 92.9 Å². The first-order valence-electron chi connectivity index (χ1n) is 4.49. The lowest BCUT2D eigenvalue weighted by molar-refractivity contribution is 1.31. The average molecular weight is 220 g/mol. The quantitative estimate of drug-likeness (QED) is 0.764. The molecule has 2 aromatic rings. The van der Waals surface area contributed by atoms with E-state index in [1.807, 2.05) is 30.3 Å². The molecular formula is C11H10ClN3. The number of benzene rings is 1. The minimum atomic E-state index is 0.383. The highest BCUT2D eigenvalue weighted by Crippen LogP contribution is 2.19. The van der Waals surface area contributed by atoms with Crippen LogP contribution >= 0.6 is 11.6 Å². The van der Waals surface area contributed by atoms with Gasteiger partial charge in [-0.25, -0.2) is 4.98 Å². The number of nitrogens with zero attached hydrogens (tertiary/aromatic N) is 1. The largest absolute Gasteiger partial charge is 0.399 e. The summed E-state index contributed by atoms with van der Waals surface area (Å²) in [5.41, 5.74) is 7.19. The highest BCUT2D eigenvalue weighted by Gasteiger charge is 1.98. The Morgan fingerprint density at radius 3 is 2.53 bits per heavy atom. The molecule has 3 nitrogen and oxygen atoms in total. The van der Waals surface area contributed by atoms with Crippen molar-refractivity contribution in [2.24, 2.45) is 0 Å². The first kappa shape index (κ1) is 9.80. The van der Waals surface area contributed by atoms with Gasteiger partial charge in [-0.1, -0.05) is 29.8 Å². The zero-order chi connectivity index (χ0) is 10.7. The Kier molecular flexibility index (Phi) is 2.74. The third-order valence-corrected chi connectivity index (χ3v) is 2.06. The van der Waals surface area contributed by atoms with Crippen LogP contribution in [0.25, 0.3) is 0 Å². The van der Waals surface area contributed by atoms with Crippen molar-refractivity contribution in [1.29, 1.82) is 0 Å². The third kappa shape index (κ3) is 2.60. The van der Waals surface area contributed by atoms with Crippen molar-refractivity contribution in [1.82, 2.24) is 4.98 Å². The first-order chi connectivity index (χ1) is 7.24. The molecule has 0 radical (unpaired) electrons. The summed E-state index contributed by atoms with van der Waals surface area (Å²) < 4.78 is 0. The molecule has 3 N–H and O–H groups in total. The first-order valence-corrected chi connectivity index (χ1v) is 4.87. The molecule has 15 heavy (non-hydrogen) atoms. The second-order valence-electron chi connectivity index (χ2n) is 3.10. The Morgan fingerprint density at radius 2 is 1.87 bits per heavy atom. The Hall–Kier alpha value is -1.74. The van der Waals surface area contributed by atoms with E-state index >= 15 is 0 Å². The Bertz CT molecular complexity index is 436. The van der Waals surface area contributed by atoms with Crippen LogP contribution in [0.15, 0.2) is 42.5 Å². The number of anilines is 3. The number of nitrogens with two attached hydrogens (primary N) is 1. The van der Waals surface area contributed by atoms with Crippen LogP contribution < -0.4 is 11.1 Å². The van der Waals surface area contributed by atoms with E-state index < -0.39 is 0 Å². The number of rotatable bonds is 2. The summed E-state index contributed by atoms with van der Waals surface area (Å²) in [4.78, 5) is 4.10. The fourth-order valence-electron chi connectivity index (χ4n) is 1.25. The van der Waals surface area contributed by atoms with Crippen LogP contribution in [0.5, 0.6) is 0 Å². The van der Waals surface area contributed by atoms with Crippen LogP contribution in [0.1, 0.15) is 0 Å². The number of pyridine rings is 1. The lowest BCUT2D eigenvalue weighted by Gasteiger charge is -2.06. The number of para-hydroxylation sites is 1. The summed E-state index contributed by atoms with van der Waals surface area (Å²) in [6.07, 6.45) is 0. The molecule has 1 heterocycles. The third-order valence-electron chi connectivity index (χ3n) is 1.86. The van der Waals surface area contributed by atoms with Gasteiger partial charge in [0.15, 0.2) is 0 Å². The van der Waals surface area contributed by atoms with E-state index in [1.54, 1.807) is 12.1 Å². The molecule has 0 amide bonds. The standard InChI is InChI=1S/C11H10ClN3/c12-10-6-8(13)7-11(15-10)14-9-4-2-1-3-5-9/h1-7H,(H3,13,14,15). The van der Waals surface area contributed by atoms with Crippen molar-refractivity contribution in [3.05, 3.63) is 47.6 Å². The molecule has 0 atom stereocenters. The molecule has 0 fully saturated rings. The second-order valence-corrected chi connectivity index (χ2v) is 3.49. The molecule has 76 valence electrons. The molecule has 0 aliphatic rings. The number of aromatic nitrogens is 1. The van der Waals surface area contributed by atoms with Crippen LogP contribution in [-0.4, -0.2) is 4.98 Å². The summed E-state index contributed by atoms with van der Waals surface area (Å²) in [6.45, 7) is 0. The maximum atomic E-state index is 5.79. The summed E-state index contributed by atoms with van der Waals surface area (Å²) in [5.74, 6) is 0.645. The van der Waals surface area contributed by atoms with Gasteiger partial charge < -0.3 is 11.1 Å². The highest BCUT2D eigenvalue weighted by molar-refractivity contribution is 6.29. The van der Waals surface area contributed by atoms with Gasteiger partial charge in [-0.15, -0.1) is 0 Å². The van der Waals surface area contributed by atoms with Crippen LogP contribution in [0.2, 0.25) is 5.15 Å². The van der Waals surface area contributed by atoms with Crippen molar-refractivity contribution < 1.29 is 0 Å².